The molecule has 0 bridgehead atoms. The van der Waals surface area contributed by atoms with Gasteiger partial charge < -0.3 is 15.4 Å². The van der Waals surface area contributed by atoms with Crippen LogP contribution < -0.4 is 15.4 Å². The Bertz CT molecular complexity index is 1050. The molecule has 1 aliphatic rings. The van der Waals surface area contributed by atoms with Crippen molar-refractivity contribution in [2.45, 2.75) is 18.9 Å². The standard InChI is InChI=1S/C27H29N3O3/c1-33-24-16-14-23(15-17-24)29-27(32)25(20-9-4-2-5-10-20)30-18-8-11-21(19-30)26(31)28-22-12-6-3-7-13-22/h2-7,9-10,12-17,21,25H,8,11,18-19H2,1H3,(H,28,31)(H,29,32). The molecule has 0 aliphatic carbocycles. The summed E-state index contributed by atoms with van der Waals surface area (Å²) < 4.78 is 5.20. The van der Waals surface area contributed by atoms with E-state index in [9.17, 15) is 9.59 Å². The van der Waals surface area contributed by atoms with E-state index in [0.717, 1.165) is 36.4 Å². The van der Waals surface area contributed by atoms with Gasteiger partial charge in [-0.15, -0.1) is 0 Å². The second-order valence-corrected chi connectivity index (χ2v) is 8.22. The Balaban J connectivity index is 1.51. The van der Waals surface area contributed by atoms with E-state index in [1.807, 2.05) is 84.9 Å². The topological polar surface area (TPSA) is 70.7 Å². The summed E-state index contributed by atoms with van der Waals surface area (Å²) >= 11 is 0. The maximum atomic E-state index is 13.4. The Morgan fingerprint density at radius 1 is 0.879 bits per heavy atom. The molecule has 2 unspecified atom stereocenters. The molecule has 3 aromatic rings. The summed E-state index contributed by atoms with van der Waals surface area (Å²) in [5, 5.41) is 6.05. The van der Waals surface area contributed by atoms with Crippen LogP contribution in [0.25, 0.3) is 0 Å². The van der Waals surface area contributed by atoms with Gasteiger partial charge in [-0.1, -0.05) is 48.5 Å². The van der Waals surface area contributed by atoms with E-state index in [0.29, 0.717) is 12.2 Å². The van der Waals surface area contributed by atoms with Crippen molar-refractivity contribution >= 4 is 23.2 Å². The number of carbonyl (C=O) groups excluding carboxylic acids is 2. The minimum absolute atomic E-state index is 0.00623. The van der Waals surface area contributed by atoms with E-state index in [-0.39, 0.29) is 17.7 Å². The number of piperidine rings is 1. The first-order chi connectivity index (χ1) is 16.1. The monoisotopic (exact) mass is 443 g/mol. The minimum Gasteiger partial charge on any atom is -0.497 e. The summed E-state index contributed by atoms with van der Waals surface area (Å²) in [6, 6.07) is 26.0. The lowest BCUT2D eigenvalue weighted by atomic mass is 9.93. The van der Waals surface area contributed by atoms with Crippen LogP contribution in [0.1, 0.15) is 24.4 Å². The fourth-order valence-electron chi connectivity index (χ4n) is 4.27. The van der Waals surface area contributed by atoms with Crippen molar-refractivity contribution < 1.29 is 14.3 Å². The van der Waals surface area contributed by atoms with Crippen LogP contribution in [-0.2, 0) is 9.59 Å². The highest BCUT2D eigenvalue weighted by Gasteiger charge is 2.34. The number of methoxy groups -OCH3 is 1. The molecule has 3 aromatic carbocycles. The molecule has 1 fully saturated rings. The Morgan fingerprint density at radius 2 is 1.52 bits per heavy atom. The molecular weight excluding hydrogens is 414 g/mol. The van der Waals surface area contributed by atoms with Crippen LogP contribution in [0.2, 0.25) is 0 Å². The molecule has 0 saturated carbocycles. The van der Waals surface area contributed by atoms with Crippen molar-refractivity contribution in [1.29, 1.82) is 0 Å². The zero-order valence-corrected chi connectivity index (χ0v) is 18.7. The lowest BCUT2D eigenvalue weighted by Gasteiger charge is -2.37. The predicted octanol–water partition coefficient (Wildman–Crippen LogP) is 4.73. The Kier molecular flexibility index (Phi) is 7.37. The van der Waals surface area contributed by atoms with Crippen molar-refractivity contribution in [3.05, 3.63) is 90.5 Å². The Labute approximate surface area is 194 Å². The third kappa shape index (κ3) is 5.79. The first-order valence-electron chi connectivity index (χ1n) is 11.2. The summed E-state index contributed by atoms with van der Waals surface area (Å²) in [5.74, 6) is 0.429. The van der Waals surface area contributed by atoms with Crippen molar-refractivity contribution in [2.24, 2.45) is 5.92 Å². The SMILES string of the molecule is COc1ccc(NC(=O)C(c2ccccc2)N2CCCC(C(=O)Nc3ccccc3)C2)cc1. The average Bonchev–Trinajstić information content (AvgIpc) is 2.86. The van der Waals surface area contributed by atoms with Crippen LogP contribution in [0.4, 0.5) is 11.4 Å². The van der Waals surface area contributed by atoms with E-state index < -0.39 is 6.04 Å². The van der Waals surface area contributed by atoms with Crippen LogP contribution in [0.3, 0.4) is 0 Å². The van der Waals surface area contributed by atoms with Crippen LogP contribution in [0.5, 0.6) is 5.75 Å². The third-order valence-electron chi connectivity index (χ3n) is 5.95. The van der Waals surface area contributed by atoms with Gasteiger partial charge in [0.2, 0.25) is 11.8 Å². The highest BCUT2D eigenvalue weighted by Crippen LogP contribution is 2.29. The molecule has 6 heteroatoms. The molecule has 0 aromatic heterocycles. The van der Waals surface area contributed by atoms with Crippen molar-refractivity contribution in [1.82, 2.24) is 4.90 Å². The number of anilines is 2. The molecule has 2 amide bonds. The number of para-hydroxylation sites is 1. The molecule has 33 heavy (non-hydrogen) atoms. The summed E-state index contributed by atoms with van der Waals surface area (Å²) in [6.45, 7) is 1.28. The second-order valence-electron chi connectivity index (χ2n) is 8.22. The number of hydrogen-bond acceptors (Lipinski definition) is 4. The van der Waals surface area contributed by atoms with Gasteiger partial charge >= 0.3 is 0 Å². The van der Waals surface area contributed by atoms with E-state index in [1.54, 1.807) is 7.11 Å². The van der Waals surface area contributed by atoms with E-state index in [4.69, 9.17) is 4.74 Å². The van der Waals surface area contributed by atoms with Gasteiger partial charge in [-0.3, -0.25) is 14.5 Å². The van der Waals surface area contributed by atoms with Crippen LogP contribution in [0.15, 0.2) is 84.9 Å². The first-order valence-corrected chi connectivity index (χ1v) is 11.2. The van der Waals surface area contributed by atoms with Crippen LogP contribution >= 0.6 is 0 Å². The molecule has 6 nitrogen and oxygen atoms in total. The molecule has 2 N–H and O–H groups in total. The zero-order valence-electron chi connectivity index (χ0n) is 18.7. The lowest BCUT2D eigenvalue weighted by Crippen LogP contribution is -2.46. The number of nitrogens with one attached hydrogen (secondary N) is 2. The third-order valence-corrected chi connectivity index (χ3v) is 5.95. The van der Waals surface area contributed by atoms with Gasteiger partial charge in [0.25, 0.3) is 0 Å². The van der Waals surface area contributed by atoms with Gasteiger partial charge in [0, 0.05) is 17.9 Å². The smallest absolute Gasteiger partial charge is 0.246 e. The summed E-state index contributed by atoms with van der Waals surface area (Å²) in [7, 11) is 1.61. The Hall–Kier alpha value is -3.64. The summed E-state index contributed by atoms with van der Waals surface area (Å²) in [4.78, 5) is 28.5. The number of benzene rings is 3. The molecule has 2 atom stereocenters. The molecule has 170 valence electrons. The maximum Gasteiger partial charge on any atom is 0.246 e. The summed E-state index contributed by atoms with van der Waals surface area (Å²) in [6.07, 6.45) is 1.66. The number of rotatable bonds is 7. The molecule has 0 radical (unpaired) electrons. The molecule has 4 rings (SSSR count). The van der Waals surface area contributed by atoms with E-state index in [2.05, 4.69) is 15.5 Å². The average molecular weight is 444 g/mol. The van der Waals surface area contributed by atoms with Gasteiger partial charge in [0.05, 0.1) is 13.0 Å². The number of nitrogens with zero attached hydrogens (tertiary/aromatic N) is 1. The summed E-state index contributed by atoms with van der Waals surface area (Å²) in [5.41, 5.74) is 2.40. The minimum atomic E-state index is -0.486. The predicted molar refractivity (Wildman–Crippen MR) is 130 cm³/mol. The molecule has 1 aliphatic heterocycles. The Morgan fingerprint density at radius 3 is 2.18 bits per heavy atom. The number of likely N-dealkylation sites (tertiary alicyclic amines) is 1. The van der Waals surface area contributed by atoms with Gasteiger partial charge in [-0.2, -0.15) is 0 Å². The largest absolute Gasteiger partial charge is 0.497 e. The quantitative estimate of drug-likeness (QED) is 0.554. The molecule has 1 saturated heterocycles. The second kappa shape index (κ2) is 10.8. The van der Waals surface area contributed by atoms with Gasteiger partial charge in [-0.05, 0) is 61.3 Å². The van der Waals surface area contributed by atoms with Gasteiger partial charge in [0.1, 0.15) is 11.8 Å². The fourth-order valence-corrected chi connectivity index (χ4v) is 4.27. The van der Waals surface area contributed by atoms with E-state index >= 15 is 0 Å². The van der Waals surface area contributed by atoms with E-state index in [1.165, 1.54) is 0 Å². The number of ether oxygens (including phenoxy) is 1. The van der Waals surface area contributed by atoms with Crippen LogP contribution in [-0.4, -0.2) is 36.9 Å². The lowest BCUT2D eigenvalue weighted by molar-refractivity contribution is -0.126. The molecule has 0 spiro atoms. The maximum absolute atomic E-state index is 13.4. The molecular formula is C27H29N3O3. The number of carbonyl (C=O) groups is 2. The van der Waals surface area contributed by atoms with Gasteiger partial charge in [0.15, 0.2) is 0 Å². The number of amides is 2. The van der Waals surface area contributed by atoms with Crippen molar-refractivity contribution in [2.75, 3.05) is 30.8 Å². The molecule has 1 heterocycles. The zero-order chi connectivity index (χ0) is 23.0. The highest BCUT2D eigenvalue weighted by molar-refractivity contribution is 5.96. The van der Waals surface area contributed by atoms with Crippen molar-refractivity contribution in [3.8, 4) is 5.75 Å². The first kappa shape index (κ1) is 22.6. The number of hydrogen-bond donors (Lipinski definition) is 2. The van der Waals surface area contributed by atoms with Crippen molar-refractivity contribution in [3.63, 3.8) is 0 Å². The van der Waals surface area contributed by atoms with Crippen LogP contribution in [0, 0.1) is 5.92 Å². The van der Waals surface area contributed by atoms with Gasteiger partial charge in [-0.25, -0.2) is 0 Å². The highest BCUT2D eigenvalue weighted by atomic mass is 16.5. The fraction of sp³-hybridized carbons (Fsp3) is 0.259. The normalized spacial score (nSPS) is 17.1.